The first-order valence-electron chi connectivity index (χ1n) is 21.1. The highest BCUT2D eigenvalue weighted by Gasteiger charge is 2.39. The van der Waals surface area contributed by atoms with Gasteiger partial charge in [-0.25, -0.2) is 4.98 Å². The van der Waals surface area contributed by atoms with E-state index < -0.39 is 5.92 Å². The second-order valence-corrected chi connectivity index (χ2v) is 16.5. The highest BCUT2D eigenvalue weighted by Crippen LogP contribution is 2.37. The number of nitrogens with zero attached hydrogens (tertiary/aromatic N) is 5. The Balaban J connectivity index is 0.942. The Morgan fingerprint density at radius 2 is 1.43 bits per heavy atom. The lowest BCUT2D eigenvalue weighted by molar-refractivity contribution is -0.148. The number of carbonyl (C=O) groups excluding carboxylic acids is 3. The summed E-state index contributed by atoms with van der Waals surface area (Å²) < 4.78 is 4.89. The number of ether oxygens (including phenoxy) is 1. The Morgan fingerprint density at radius 1 is 0.821 bits per heavy atom. The summed E-state index contributed by atoms with van der Waals surface area (Å²) in [7, 11) is 1.37. The highest BCUT2D eigenvalue weighted by atomic mass is 16.5. The van der Waals surface area contributed by atoms with E-state index in [2.05, 4.69) is 77.2 Å². The van der Waals surface area contributed by atoms with E-state index in [1.165, 1.54) is 7.11 Å². The molecule has 0 bridgehead atoms. The van der Waals surface area contributed by atoms with Gasteiger partial charge in [0.25, 0.3) is 0 Å². The van der Waals surface area contributed by atoms with E-state index in [0.717, 1.165) is 116 Å². The molecule has 1 saturated carbocycles. The van der Waals surface area contributed by atoms with Gasteiger partial charge in [-0.1, -0.05) is 76.2 Å². The molecule has 1 aromatic heterocycles. The third-order valence-corrected chi connectivity index (χ3v) is 13.0. The van der Waals surface area contributed by atoms with Crippen molar-refractivity contribution in [3.63, 3.8) is 0 Å². The molecule has 0 unspecified atom stereocenters. The highest BCUT2D eigenvalue weighted by molar-refractivity contribution is 6.03. The van der Waals surface area contributed by atoms with E-state index in [1.54, 1.807) is 0 Å². The van der Waals surface area contributed by atoms with E-state index in [9.17, 15) is 14.4 Å². The van der Waals surface area contributed by atoms with Crippen LogP contribution in [0.1, 0.15) is 109 Å². The van der Waals surface area contributed by atoms with Crippen LogP contribution in [0.25, 0.3) is 28.0 Å². The largest absolute Gasteiger partial charge is 0.469 e. The fraction of sp³-hybridized carbons (Fsp3) is 0.543. The lowest BCUT2D eigenvalue weighted by atomic mass is 9.84. The minimum absolute atomic E-state index is 0.0147. The van der Waals surface area contributed by atoms with Gasteiger partial charge in [0, 0.05) is 43.4 Å². The van der Waals surface area contributed by atoms with E-state index >= 15 is 0 Å². The summed E-state index contributed by atoms with van der Waals surface area (Å²) in [6.07, 6.45) is 12.6. The predicted octanol–water partition coefficient (Wildman–Crippen LogP) is 8.32. The second-order valence-electron chi connectivity index (χ2n) is 16.5. The van der Waals surface area contributed by atoms with Crippen LogP contribution in [0.5, 0.6) is 0 Å². The number of aromatic amines is 1. The van der Waals surface area contributed by atoms with Crippen molar-refractivity contribution < 1.29 is 19.1 Å². The van der Waals surface area contributed by atoms with E-state index in [4.69, 9.17) is 14.7 Å². The van der Waals surface area contributed by atoms with Crippen LogP contribution >= 0.6 is 0 Å². The zero-order chi connectivity index (χ0) is 39.3. The molecule has 4 heterocycles. The van der Waals surface area contributed by atoms with Crippen LogP contribution in [0.2, 0.25) is 0 Å². The first kappa shape index (κ1) is 39.7. The summed E-state index contributed by atoms with van der Waals surface area (Å²) in [5.41, 5.74) is 7.60. The number of rotatable bonds is 13. The van der Waals surface area contributed by atoms with Crippen molar-refractivity contribution in [2.45, 2.75) is 110 Å². The molecule has 3 atom stereocenters. The molecule has 3 aromatic rings. The third-order valence-electron chi connectivity index (χ3n) is 13.0. The maximum Gasteiger partial charge on any atom is 0.306 e. The number of imidazole rings is 1. The molecule has 56 heavy (non-hydrogen) atoms. The number of allylic oxidation sites excluding steroid dienone is 1. The molecule has 2 aromatic carbocycles. The Bertz CT molecular complexity index is 1900. The first-order valence-corrected chi connectivity index (χ1v) is 21.1. The monoisotopic (exact) mass is 760 g/mol. The molecule has 10 heteroatoms. The van der Waals surface area contributed by atoms with E-state index in [-0.39, 0.29) is 42.2 Å². The van der Waals surface area contributed by atoms with Crippen molar-refractivity contribution in [1.29, 1.82) is 0 Å². The number of esters is 1. The topological polar surface area (TPSA) is 111 Å². The molecular formula is C46H60N6O4. The molecule has 298 valence electrons. The normalized spacial score (nSPS) is 23.1. The van der Waals surface area contributed by atoms with Crippen LogP contribution in [0, 0.1) is 17.8 Å². The molecule has 2 saturated heterocycles. The molecule has 1 N–H and O–H groups in total. The quantitative estimate of drug-likeness (QED) is 0.176. The van der Waals surface area contributed by atoms with Gasteiger partial charge in [0.05, 0.1) is 43.4 Å². The molecule has 0 radical (unpaired) electrons. The average Bonchev–Trinajstić information content (AvgIpc) is 4.07. The van der Waals surface area contributed by atoms with Gasteiger partial charge in [0.15, 0.2) is 0 Å². The first-order chi connectivity index (χ1) is 27.2. The van der Waals surface area contributed by atoms with Crippen LogP contribution in [-0.2, 0) is 19.1 Å². The smallest absolute Gasteiger partial charge is 0.306 e. The fourth-order valence-electron chi connectivity index (χ4n) is 9.64. The number of methoxy groups -OCH3 is 1. The van der Waals surface area contributed by atoms with Gasteiger partial charge in [-0.05, 0) is 98.2 Å². The number of benzene rings is 2. The molecular weight excluding hydrogens is 701 g/mol. The average molecular weight is 761 g/mol. The number of amides is 2. The van der Waals surface area contributed by atoms with Crippen molar-refractivity contribution in [2.75, 3.05) is 33.3 Å². The number of aliphatic imine (C=N–C) groups is 1. The maximum absolute atomic E-state index is 13.8. The SMILES string of the molecule is CCN(CC)C1CCC(C(=O)N2CCC[C@H]2c2ncc(-c3ccc(-c4ccc(C5=CN=C([C@@H]6CCCN6C(=O)[C@@H](CC(=O)OC)C(C)C)C5)cc4)cc3)[nH]2)CC1. The number of hydrogen-bond donors (Lipinski definition) is 1. The Hall–Kier alpha value is -4.57. The van der Waals surface area contributed by atoms with Crippen molar-refractivity contribution in [2.24, 2.45) is 22.7 Å². The van der Waals surface area contributed by atoms with Crippen molar-refractivity contribution >= 4 is 29.1 Å². The van der Waals surface area contributed by atoms with Crippen LogP contribution < -0.4 is 0 Å². The summed E-state index contributed by atoms with van der Waals surface area (Å²) in [5.74, 6) is 0.660. The summed E-state index contributed by atoms with van der Waals surface area (Å²) >= 11 is 0. The van der Waals surface area contributed by atoms with Crippen LogP contribution in [0.4, 0.5) is 0 Å². The van der Waals surface area contributed by atoms with Crippen LogP contribution in [0.3, 0.4) is 0 Å². The minimum atomic E-state index is -0.395. The van der Waals surface area contributed by atoms with Crippen LogP contribution in [-0.4, -0.2) is 93.5 Å². The molecule has 3 fully saturated rings. The number of likely N-dealkylation sites (tertiary alicyclic amines) is 2. The van der Waals surface area contributed by atoms with Gasteiger partial charge in [0.1, 0.15) is 5.82 Å². The van der Waals surface area contributed by atoms with Gasteiger partial charge in [-0.2, -0.15) is 0 Å². The summed E-state index contributed by atoms with van der Waals surface area (Å²) in [4.78, 5) is 59.3. The number of carbonyl (C=O) groups is 3. The predicted molar refractivity (Wildman–Crippen MR) is 222 cm³/mol. The molecule has 0 spiro atoms. The molecule has 2 amide bonds. The zero-order valence-corrected chi connectivity index (χ0v) is 34.0. The Labute approximate surface area is 332 Å². The lowest BCUT2D eigenvalue weighted by Gasteiger charge is -2.37. The lowest BCUT2D eigenvalue weighted by Crippen LogP contribution is -2.45. The third kappa shape index (κ3) is 8.41. The van der Waals surface area contributed by atoms with Crippen LogP contribution in [0.15, 0.2) is 65.9 Å². The van der Waals surface area contributed by atoms with Gasteiger partial charge in [-0.3, -0.25) is 19.4 Å². The number of nitrogens with one attached hydrogen (secondary N) is 1. The fourth-order valence-corrected chi connectivity index (χ4v) is 9.64. The zero-order valence-electron chi connectivity index (χ0n) is 34.0. The van der Waals surface area contributed by atoms with Crippen molar-refractivity contribution in [3.05, 3.63) is 72.3 Å². The van der Waals surface area contributed by atoms with Gasteiger partial charge in [-0.15, -0.1) is 0 Å². The number of H-pyrrole nitrogens is 1. The molecule has 1 aliphatic carbocycles. The number of hydrogen-bond acceptors (Lipinski definition) is 7. The van der Waals surface area contributed by atoms with E-state index in [1.807, 2.05) is 31.1 Å². The summed E-state index contributed by atoms with van der Waals surface area (Å²) in [6.45, 7) is 12.1. The summed E-state index contributed by atoms with van der Waals surface area (Å²) in [6, 6.07) is 17.8. The maximum atomic E-state index is 13.8. The van der Waals surface area contributed by atoms with Gasteiger partial charge in [0.2, 0.25) is 11.8 Å². The van der Waals surface area contributed by atoms with Gasteiger partial charge < -0.3 is 24.4 Å². The standard InChI is InChI=1S/C46H60N6O4/c1-6-50(7-2)37-22-20-35(21-23-37)45(54)52-25-9-11-42(52)44-48-29-40(49-44)34-18-16-32(17-19-34)31-12-14-33(15-13-31)36-26-39(47-28-36)41-10-8-24-51(41)46(55)38(30(3)4)27-43(53)56-5/h12-19,28-30,35,37-38,41-42H,6-11,20-27H2,1-5H3,(H,48,49)/t35?,37?,38-,41-,42-/m0/s1. The Morgan fingerprint density at radius 3 is 2.05 bits per heavy atom. The van der Waals surface area contributed by atoms with Gasteiger partial charge >= 0.3 is 5.97 Å². The molecule has 4 aliphatic rings. The number of aromatic nitrogens is 2. The van der Waals surface area contributed by atoms with Crippen molar-refractivity contribution in [3.8, 4) is 22.4 Å². The summed E-state index contributed by atoms with van der Waals surface area (Å²) in [5, 5.41) is 0. The molecule has 3 aliphatic heterocycles. The van der Waals surface area contributed by atoms with E-state index in [0.29, 0.717) is 24.9 Å². The van der Waals surface area contributed by atoms with Crippen molar-refractivity contribution in [1.82, 2.24) is 24.7 Å². The Kier molecular flexibility index (Phi) is 12.5. The second kappa shape index (κ2) is 17.7. The molecule has 7 rings (SSSR count). The molecule has 10 nitrogen and oxygen atoms in total. The minimum Gasteiger partial charge on any atom is -0.469 e.